The Balaban J connectivity index is 1.87. The van der Waals surface area contributed by atoms with E-state index in [4.69, 9.17) is 14.3 Å². The smallest absolute Gasteiger partial charge is 0.200 e. The Hall–Kier alpha value is -2.70. The van der Waals surface area contributed by atoms with Crippen LogP contribution in [-0.4, -0.2) is 29.9 Å². The highest BCUT2D eigenvalue weighted by molar-refractivity contribution is 5.86. The molecule has 3 aromatic rings. The minimum absolute atomic E-state index is 0.110. The molecule has 0 aliphatic carbocycles. The number of aryl methyl sites for hydroxylation is 1. The van der Waals surface area contributed by atoms with E-state index in [1.165, 1.54) is 6.07 Å². The summed E-state index contributed by atoms with van der Waals surface area (Å²) in [5, 5.41) is 9.45. The number of aliphatic hydroxyl groups excluding tert-OH is 1. The molecule has 0 saturated carbocycles. The number of fused-ring (bicyclic) bond motifs is 3. The fourth-order valence-electron chi connectivity index (χ4n) is 3.53. The van der Waals surface area contributed by atoms with Crippen LogP contribution in [-0.2, 0) is 6.54 Å². The van der Waals surface area contributed by atoms with E-state index in [0.29, 0.717) is 48.7 Å². The molecule has 1 aliphatic heterocycles. The lowest BCUT2D eigenvalue weighted by molar-refractivity contribution is 0.0886. The maximum Gasteiger partial charge on any atom is 0.200 e. The molecule has 27 heavy (non-hydrogen) atoms. The quantitative estimate of drug-likeness (QED) is 0.763. The van der Waals surface area contributed by atoms with Gasteiger partial charge in [-0.1, -0.05) is 18.2 Å². The second kappa shape index (κ2) is 7.13. The summed E-state index contributed by atoms with van der Waals surface area (Å²) in [6, 6.07) is 9.63. The van der Waals surface area contributed by atoms with Crippen molar-refractivity contribution in [3.63, 3.8) is 0 Å². The largest absolute Gasteiger partial charge is 0.478 e. The van der Waals surface area contributed by atoms with Crippen molar-refractivity contribution in [3.05, 3.63) is 63.8 Å². The van der Waals surface area contributed by atoms with Crippen LogP contribution in [0.4, 0.5) is 4.39 Å². The number of nitrogens with zero attached hydrogens (tertiary/aromatic N) is 1. The van der Waals surface area contributed by atoms with Gasteiger partial charge in [0, 0.05) is 25.3 Å². The van der Waals surface area contributed by atoms with E-state index in [-0.39, 0.29) is 23.2 Å². The fraction of sp³-hybridized carbons (Fsp3) is 0.286. The first kappa shape index (κ1) is 17.7. The molecule has 1 aromatic heterocycles. The normalized spacial score (nSPS) is 14.2. The monoisotopic (exact) mass is 369 g/mol. The van der Waals surface area contributed by atoms with Crippen LogP contribution >= 0.6 is 0 Å². The first-order valence-corrected chi connectivity index (χ1v) is 8.90. The van der Waals surface area contributed by atoms with Crippen molar-refractivity contribution in [2.75, 3.05) is 19.9 Å². The van der Waals surface area contributed by atoms with Gasteiger partial charge in [-0.2, -0.15) is 0 Å². The first-order valence-electron chi connectivity index (χ1n) is 8.90. The van der Waals surface area contributed by atoms with Crippen LogP contribution in [0.1, 0.15) is 17.7 Å². The highest BCUT2D eigenvalue weighted by Crippen LogP contribution is 2.34. The van der Waals surface area contributed by atoms with Crippen molar-refractivity contribution in [2.24, 2.45) is 0 Å². The Bertz CT molecular complexity index is 1060. The van der Waals surface area contributed by atoms with E-state index in [0.717, 1.165) is 5.56 Å². The summed E-state index contributed by atoms with van der Waals surface area (Å²) in [7, 11) is 0. The first-order chi connectivity index (χ1) is 13.1. The minimum Gasteiger partial charge on any atom is -0.478 e. The van der Waals surface area contributed by atoms with Crippen molar-refractivity contribution in [1.29, 1.82) is 0 Å². The van der Waals surface area contributed by atoms with E-state index in [2.05, 4.69) is 0 Å². The van der Waals surface area contributed by atoms with Crippen molar-refractivity contribution in [3.8, 4) is 16.9 Å². The molecule has 5 nitrogen and oxygen atoms in total. The van der Waals surface area contributed by atoms with Crippen LogP contribution in [0.2, 0.25) is 0 Å². The Kier molecular flexibility index (Phi) is 4.68. The number of rotatable bonds is 4. The topological polar surface area (TPSA) is 62.9 Å². The molecular weight excluding hydrogens is 349 g/mol. The molecule has 2 aromatic carbocycles. The van der Waals surface area contributed by atoms with Crippen LogP contribution in [0.3, 0.4) is 0 Å². The molecule has 0 fully saturated rings. The zero-order chi connectivity index (χ0) is 19.0. The Morgan fingerprint density at radius 3 is 2.81 bits per heavy atom. The molecule has 6 heteroatoms. The summed E-state index contributed by atoms with van der Waals surface area (Å²) in [6.07, 6.45) is 0.643. The van der Waals surface area contributed by atoms with Crippen molar-refractivity contribution < 1.29 is 18.7 Å². The van der Waals surface area contributed by atoms with E-state index in [9.17, 15) is 9.18 Å². The number of benzene rings is 2. The van der Waals surface area contributed by atoms with Crippen LogP contribution < -0.4 is 10.2 Å². The summed E-state index contributed by atoms with van der Waals surface area (Å²) in [5.41, 5.74) is 1.51. The number of hydrogen-bond donors (Lipinski definition) is 1. The number of ether oxygens (including phenoxy) is 1. The Labute approximate surface area is 155 Å². The molecule has 0 amide bonds. The maximum atomic E-state index is 14.3. The highest BCUT2D eigenvalue weighted by Gasteiger charge is 2.24. The fourth-order valence-corrected chi connectivity index (χ4v) is 3.53. The Morgan fingerprint density at radius 2 is 2.04 bits per heavy atom. The predicted molar refractivity (Wildman–Crippen MR) is 100 cm³/mol. The minimum atomic E-state index is -0.455. The molecule has 1 N–H and O–H groups in total. The van der Waals surface area contributed by atoms with Crippen molar-refractivity contribution in [2.45, 2.75) is 19.9 Å². The molecule has 140 valence electrons. The summed E-state index contributed by atoms with van der Waals surface area (Å²) < 4.78 is 26.0. The molecule has 0 atom stereocenters. The lowest BCUT2D eigenvalue weighted by Gasteiger charge is -2.29. The van der Waals surface area contributed by atoms with Crippen LogP contribution in [0.25, 0.3) is 22.1 Å². The van der Waals surface area contributed by atoms with Gasteiger partial charge >= 0.3 is 0 Å². The molecule has 0 unspecified atom stereocenters. The van der Waals surface area contributed by atoms with Gasteiger partial charge in [0.25, 0.3) is 0 Å². The maximum absolute atomic E-state index is 14.3. The SMILES string of the molecule is Cc1oc2c3c(ccc2c(=O)c1-c1ccccc1F)OCN(CCCO)C3. The zero-order valence-corrected chi connectivity index (χ0v) is 15.0. The summed E-state index contributed by atoms with van der Waals surface area (Å²) in [5.74, 6) is 0.603. The number of hydrogen-bond acceptors (Lipinski definition) is 5. The molecule has 0 spiro atoms. The lowest BCUT2D eigenvalue weighted by atomic mass is 10.00. The highest BCUT2D eigenvalue weighted by atomic mass is 19.1. The molecule has 4 rings (SSSR count). The van der Waals surface area contributed by atoms with E-state index >= 15 is 0 Å². The average Bonchev–Trinajstić information content (AvgIpc) is 2.67. The van der Waals surface area contributed by atoms with Crippen molar-refractivity contribution >= 4 is 11.0 Å². The van der Waals surface area contributed by atoms with E-state index in [1.54, 1.807) is 37.3 Å². The van der Waals surface area contributed by atoms with Crippen molar-refractivity contribution in [1.82, 2.24) is 4.90 Å². The number of halogens is 1. The van der Waals surface area contributed by atoms with Gasteiger partial charge in [-0.05, 0) is 31.5 Å². The zero-order valence-electron chi connectivity index (χ0n) is 15.0. The molecule has 1 aliphatic rings. The summed E-state index contributed by atoms with van der Waals surface area (Å²) in [4.78, 5) is 15.2. The molecular formula is C21H20FNO4. The van der Waals surface area contributed by atoms with Gasteiger partial charge in [0.15, 0.2) is 0 Å². The van der Waals surface area contributed by atoms with Gasteiger partial charge < -0.3 is 14.3 Å². The van der Waals surface area contributed by atoms with E-state index < -0.39 is 5.82 Å². The van der Waals surface area contributed by atoms with E-state index in [1.807, 2.05) is 4.90 Å². The molecule has 0 saturated heterocycles. The Morgan fingerprint density at radius 1 is 1.22 bits per heavy atom. The van der Waals surface area contributed by atoms with Gasteiger partial charge in [-0.3, -0.25) is 9.69 Å². The molecule has 0 bridgehead atoms. The van der Waals surface area contributed by atoms with Crippen LogP contribution in [0, 0.1) is 12.7 Å². The third kappa shape index (κ3) is 3.11. The second-order valence-corrected chi connectivity index (χ2v) is 6.66. The third-order valence-corrected chi connectivity index (χ3v) is 4.86. The molecule has 2 heterocycles. The lowest BCUT2D eigenvalue weighted by Crippen LogP contribution is -2.33. The standard InChI is InChI=1S/C21H20FNO4/c1-13-19(14-5-2-3-6-17(14)22)20(25)15-7-8-18-16(21(15)27-13)11-23(12-26-18)9-4-10-24/h2-3,5-8,24H,4,9-12H2,1H3. The van der Waals surface area contributed by atoms with Crippen LogP contribution in [0.15, 0.2) is 45.6 Å². The van der Waals surface area contributed by atoms with Gasteiger partial charge in [0.1, 0.15) is 29.6 Å². The third-order valence-electron chi connectivity index (χ3n) is 4.86. The van der Waals surface area contributed by atoms with Gasteiger partial charge in [0.05, 0.1) is 16.5 Å². The average molecular weight is 369 g/mol. The predicted octanol–water partition coefficient (Wildman–Crippen LogP) is 3.44. The molecule has 0 radical (unpaired) electrons. The summed E-state index contributed by atoms with van der Waals surface area (Å²) >= 11 is 0. The second-order valence-electron chi connectivity index (χ2n) is 6.66. The van der Waals surface area contributed by atoms with Gasteiger partial charge in [-0.25, -0.2) is 4.39 Å². The van der Waals surface area contributed by atoms with Crippen LogP contribution in [0.5, 0.6) is 5.75 Å². The van der Waals surface area contributed by atoms with Gasteiger partial charge in [-0.15, -0.1) is 0 Å². The van der Waals surface area contributed by atoms with Gasteiger partial charge in [0.2, 0.25) is 5.43 Å². The number of aliphatic hydroxyl groups is 1. The summed E-state index contributed by atoms with van der Waals surface area (Å²) in [6.45, 7) is 3.46.